The molecule has 0 saturated carbocycles. The maximum atomic E-state index is 13.3. The normalized spacial score (nSPS) is 14.5. The van der Waals surface area contributed by atoms with Crippen molar-refractivity contribution in [1.82, 2.24) is 9.80 Å². The summed E-state index contributed by atoms with van der Waals surface area (Å²) in [5.41, 5.74) is 1.00. The van der Waals surface area contributed by atoms with Crippen molar-refractivity contribution in [3.05, 3.63) is 72.3 Å². The Kier molecular flexibility index (Phi) is 15.6. The molecule has 11 heteroatoms. The number of ether oxygens (including phenoxy) is 1. The van der Waals surface area contributed by atoms with E-state index in [9.17, 15) is 18.4 Å². The second-order valence-corrected chi connectivity index (χ2v) is 11.0. The SMILES string of the molecule is CSC(=Nc1ccccc1)N(CC(C)C)C1CCN(CCCCOc2ccc(F)c(F)c2)CC1.O=C(O)C=CC(=O)O. The molecule has 0 spiro atoms. The predicted octanol–water partition coefficient (Wildman–Crippen LogP) is 6.31. The van der Waals surface area contributed by atoms with Crippen molar-refractivity contribution < 1.29 is 33.3 Å². The number of halogens is 2. The number of amidine groups is 1. The van der Waals surface area contributed by atoms with Crippen molar-refractivity contribution in [2.75, 3.05) is 39.0 Å². The zero-order chi connectivity index (χ0) is 30.9. The Morgan fingerprint density at radius 1 is 1.05 bits per heavy atom. The smallest absolute Gasteiger partial charge is 0.328 e. The van der Waals surface area contributed by atoms with E-state index < -0.39 is 23.6 Å². The van der Waals surface area contributed by atoms with Crippen molar-refractivity contribution in [3.63, 3.8) is 0 Å². The van der Waals surface area contributed by atoms with E-state index in [2.05, 4.69) is 42.0 Å². The van der Waals surface area contributed by atoms with Crippen molar-refractivity contribution in [1.29, 1.82) is 0 Å². The van der Waals surface area contributed by atoms with Crippen LogP contribution in [0.15, 0.2) is 65.7 Å². The molecule has 1 aliphatic heterocycles. The number of rotatable bonds is 12. The lowest BCUT2D eigenvalue weighted by molar-refractivity contribution is -0.134. The summed E-state index contributed by atoms with van der Waals surface area (Å²) < 4.78 is 31.8. The number of hydrogen-bond acceptors (Lipinski definition) is 6. The van der Waals surface area contributed by atoms with Gasteiger partial charge in [0, 0.05) is 43.9 Å². The maximum Gasteiger partial charge on any atom is 0.328 e. The number of thioether (sulfide) groups is 1. The average molecular weight is 606 g/mol. The standard InChI is InChI=1S/C27H37F2N3OS.C4H4O4/c1-21(2)20-32(27(34-3)30-22-9-5-4-6-10-22)23-13-16-31(17-14-23)15-7-8-18-33-24-11-12-25(28)26(29)19-24;5-3(6)1-2-4(7)8/h4-6,9-12,19,21,23H,7-8,13-18,20H2,1-3H3;1-2H,(H,5,6)(H,7,8). The molecule has 0 amide bonds. The first-order valence-electron chi connectivity index (χ1n) is 14.0. The minimum absolute atomic E-state index is 0.381. The molecule has 2 N–H and O–H groups in total. The van der Waals surface area contributed by atoms with Gasteiger partial charge >= 0.3 is 11.9 Å². The van der Waals surface area contributed by atoms with E-state index in [1.807, 2.05) is 18.2 Å². The number of carboxylic acids is 2. The van der Waals surface area contributed by atoms with Gasteiger partial charge in [-0.2, -0.15) is 0 Å². The number of nitrogens with zero attached hydrogens (tertiary/aromatic N) is 3. The predicted molar refractivity (Wildman–Crippen MR) is 164 cm³/mol. The van der Waals surface area contributed by atoms with E-state index in [0.717, 1.165) is 74.9 Å². The van der Waals surface area contributed by atoms with Gasteiger partial charge in [-0.25, -0.2) is 23.4 Å². The molecule has 0 atom stereocenters. The van der Waals surface area contributed by atoms with Gasteiger partial charge < -0.3 is 24.7 Å². The summed E-state index contributed by atoms with van der Waals surface area (Å²) in [6, 6.07) is 14.4. The Bertz CT molecular complexity index is 1160. The van der Waals surface area contributed by atoms with Gasteiger partial charge in [-0.1, -0.05) is 43.8 Å². The zero-order valence-electron chi connectivity index (χ0n) is 24.4. The minimum atomic E-state index is -1.26. The van der Waals surface area contributed by atoms with Gasteiger partial charge in [-0.05, 0) is 68.7 Å². The van der Waals surface area contributed by atoms with Gasteiger partial charge in [-0.3, -0.25) is 0 Å². The Balaban J connectivity index is 0.000000675. The highest BCUT2D eigenvalue weighted by Crippen LogP contribution is 2.24. The van der Waals surface area contributed by atoms with Crippen molar-refractivity contribution in [2.24, 2.45) is 10.9 Å². The monoisotopic (exact) mass is 605 g/mol. The number of unbranched alkanes of at least 4 members (excludes halogenated alkanes) is 1. The molecule has 2 aromatic rings. The molecule has 0 bridgehead atoms. The van der Waals surface area contributed by atoms with Crippen LogP contribution in [0.25, 0.3) is 0 Å². The van der Waals surface area contributed by atoms with E-state index in [0.29, 0.717) is 36.5 Å². The van der Waals surface area contributed by atoms with E-state index in [-0.39, 0.29) is 0 Å². The van der Waals surface area contributed by atoms with Gasteiger partial charge in [0.1, 0.15) is 5.75 Å². The highest BCUT2D eigenvalue weighted by molar-refractivity contribution is 8.13. The highest BCUT2D eigenvalue weighted by atomic mass is 32.2. The highest BCUT2D eigenvalue weighted by Gasteiger charge is 2.27. The number of benzene rings is 2. The fraction of sp³-hybridized carbons (Fsp3) is 0.452. The number of piperidine rings is 1. The molecule has 42 heavy (non-hydrogen) atoms. The lowest BCUT2D eigenvalue weighted by Crippen LogP contribution is -2.48. The average Bonchev–Trinajstić information content (AvgIpc) is 2.96. The van der Waals surface area contributed by atoms with Gasteiger partial charge in [0.15, 0.2) is 16.8 Å². The molecule has 230 valence electrons. The molecule has 1 heterocycles. The van der Waals surface area contributed by atoms with E-state index in [4.69, 9.17) is 19.9 Å². The van der Waals surface area contributed by atoms with E-state index in [1.54, 1.807) is 11.8 Å². The minimum Gasteiger partial charge on any atom is -0.493 e. The fourth-order valence-electron chi connectivity index (χ4n) is 4.41. The summed E-state index contributed by atoms with van der Waals surface area (Å²) in [7, 11) is 0. The third-order valence-corrected chi connectivity index (χ3v) is 7.06. The summed E-state index contributed by atoms with van der Waals surface area (Å²) in [5.74, 6) is -3.28. The first-order valence-corrected chi connectivity index (χ1v) is 15.2. The van der Waals surface area contributed by atoms with Crippen LogP contribution in [0.5, 0.6) is 5.75 Å². The molecule has 3 rings (SSSR count). The van der Waals surface area contributed by atoms with Crippen LogP contribution in [0.2, 0.25) is 0 Å². The molecule has 2 aromatic carbocycles. The largest absolute Gasteiger partial charge is 0.493 e. The second-order valence-electron chi connectivity index (χ2n) is 10.2. The molecule has 1 aliphatic rings. The van der Waals surface area contributed by atoms with Crippen molar-refractivity contribution in [2.45, 2.75) is 45.6 Å². The molecule has 0 aromatic heterocycles. The van der Waals surface area contributed by atoms with E-state index in [1.165, 1.54) is 6.07 Å². The van der Waals surface area contributed by atoms with Crippen LogP contribution in [0.3, 0.4) is 0 Å². The molecule has 0 radical (unpaired) electrons. The molecular formula is C31H41F2N3O5S. The fourth-order valence-corrected chi connectivity index (χ4v) is 5.06. The quantitative estimate of drug-likeness (QED) is 0.126. The lowest BCUT2D eigenvalue weighted by Gasteiger charge is -2.40. The van der Waals surface area contributed by atoms with Gasteiger partial charge in [0.25, 0.3) is 0 Å². The molecular weight excluding hydrogens is 564 g/mol. The summed E-state index contributed by atoms with van der Waals surface area (Å²) in [5, 5.41) is 16.7. The van der Waals surface area contributed by atoms with E-state index >= 15 is 0 Å². The molecule has 8 nitrogen and oxygen atoms in total. The van der Waals surface area contributed by atoms with Crippen LogP contribution < -0.4 is 4.74 Å². The van der Waals surface area contributed by atoms with Crippen LogP contribution in [0, 0.1) is 17.6 Å². The number of aliphatic carboxylic acids is 2. The maximum absolute atomic E-state index is 13.3. The summed E-state index contributed by atoms with van der Waals surface area (Å²) in [6.45, 7) is 9.25. The lowest BCUT2D eigenvalue weighted by atomic mass is 10.0. The zero-order valence-corrected chi connectivity index (χ0v) is 25.2. The first kappa shape index (κ1) is 34.8. The summed E-state index contributed by atoms with van der Waals surface area (Å²) in [4.78, 5) is 29.1. The number of para-hydroxylation sites is 1. The first-order chi connectivity index (χ1) is 20.1. The molecule has 1 fully saturated rings. The topological polar surface area (TPSA) is 103 Å². The van der Waals surface area contributed by atoms with Crippen LogP contribution in [0.1, 0.15) is 39.5 Å². The van der Waals surface area contributed by atoms with Crippen LogP contribution in [-0.4, -0.2) is 82.2 Å². The second kappa shape index (κ2) is 18.9. The van der Waals surface area contributed by atoms with Crippen LogP contribution >= 0.6 is 11.8 Å². The Morgan fingerprint density at radius 2 is 1.69 bits per heavy atom. The third-order valence-electron chi connectivity index (χ3n) is 6.37. The number of carbonyl (C=O) groups is 2. The number of aliphatic imine (C=N–C) groups is 1. The Hall–Kier alpha value is -3.44. The molecule has 0 aliphatic carbocycles. The number of hydrogen-bond donors (Lipinski definition) is 2. The third kappa shape index (κ3) is 13.5. The number of likely N-dealkylation sites (tertiary alicyclic amines) is 1. The van der Waals surface area contributed by atoms with Crippen molar-refractivity contribution >= 4 is 34.6 Å². The van der Waals surface area contributed by atoms with Gasteiger partial charge in [0.2, 0.25) is 0 Å². The molecule has 1 saturated heterocycles. The summed E-state index contributed by atoms with van der Waals surface area (Å²) in [6.07, 6.45) is 7.41. The Labute approximate surface area is 251 Å². The van der Waals surface area contributed by atoms with Crippen molar-refractivity contribution in [3.8, 4) is 5.75 Å². The van der Waals surface area contributed by atoms with Gasteiger partial charge in [0.05, 0.1) is 12.3 Å². The van der Waals surface area contributed by atoms with Crippen LogP contribution in [-0.2, 0) is 9.59 Å². The van der Waals surface area contributed by atoms with Gasteiger partial charge in [-0.15, -0.1) is 0 Å². The summed E-state index contributed by atoms with van der Waals surface area (Å²) >= 11 is 1.73. The number of carboxylic acid groups (broad SMARTS) is 2. The van der Waals surface area contributed by atoms with Crippen LogP contribution in [0.4, 0.5) is 14.5 Å². The Morgan fingerprint density at radius 3 is 2.24 bits per heavy atom. The molecule has 0 unspecified atom stereocenters.